The van der Waals surface area contributed by atoms with E-state index in [-0.39, 0.29) is 32.8 Å². The molecule has 1 N–H and O–H groups in total. The average Bonchev–Trinajstić information content (AvgIpc) is 3.29. The number of halogens is 1. The van der Waals surface area contributed by atoms with Crippen molar-refractivity contribution >= 4 is 52.8 Å². The Labute approximate surface area is 190 Å². The first-order valence-corrected chi connectivity index (χ1v) is 12.7. The third kappa shape index (κ3) is 4.57. The van der Waals surface area contributed by atoms with Gasteiger partial charge in [-0.15, -0.1) is 0 Å². The second-order valence-electron chi connectivity index (χ2n) is 7.55. The van der Waals surface area contributed by atoms with Crippen molar-refractivity contribution in [3.63, 3.8) is 0 Å². The standard InChI is InChI=1S/C23H22IN3O2S/c1-23(2,21(28)26-22-27-24-15-30-22)20(16-7-4-3-5-8-16)17-10-11-19(25-13-17)18-9-6-12-29-14-18/h3-8,10-15,20H,9H2,1-2H3,(H,26,27,28). The highest BCUT2D eigenvalue weighted by atomic mass is 127. The van der Waals surface area contributed by atoms with Gasteiger partial charge in [0.05, 0.1) is 23.6 Å². The lowest BCUT2D eigenvalue weighted by molar-refractivity contribution is -0.128. The van der Waals surface area contributed by atoms with Gasteiger partial charge in [0.1, 0.15) is 0 Å². The van der Waals surface area contributed by atoms with E-state index in [0.717, 1.165) is 28.8 Å². The van der Waals surface area contributed by atoms with Crippen molar-refractivity contribution in [3.8, 4) is 0 Å². The molecule has 2 aliphatic heterocycles. The van der Waals surface area contributed by atoms with Gasteiger partial charge in [0.2, 0.25) is 5.91 Å². The first kappa shape index (κ1) is 21.0. The van der Waals surface area contributed by atoms with Crippen LogP contribution in [-0.2, 0) is 9.53 Å². The molecule has 0 radical (unpaired) electrons. The zero-order chi connectivity index (χ0) is 21.0. The van der Waals surface area contributed by atoms with E-state index in [1.54, 1.807) is 12.5 Å². The van der Waals surface area contributed by atoms with Crippen LogP contribution < -0.4 is 5.32 Å². The SMILES string of the molecule is CC(C)(C(=O)NC1=NI=CS1)C(c1ccccc1)c1ccc(C2=COC=CC2)nc1. The summed E-state index contributed by atoms with van der Waals surface area (Å²) in [6, 6.07) is 14.2. The van der Waals surface area contributed by atoms with Crippen molar-refractivity contribution in [2.24, 2.45) is 8.62 Å². The molecule has 1 unspecified atom stereocenters. The maximum absolute atomic E-state index is 13.3. The van der Waals surface area contributed by atoms with E-state index >= 15 is 0 Å². The molecule has 1 aromatic carbocycles. The second-order valence-corrected chi connectivity index (χ2v) is 10.9. The first-order valence-electron chi connectivity index (χ1n) is 9.57. The molecule has 0 bridgehead atoms. The second kappa shape index (κ2) is 9.26. The van der Waals surface area contributed by atoms with Gasteiger partial charge in [-0.2, -0.15) is 3.21 Å². The fourth-order valence-electron chi connectivity index (χ4n) is 3.59. The van der Waals surface area contributed by atoms with Crippen LogP contribution in [-0.4, -0.2) is 19.4 Å². The van der Waals surface area contributed by atoms with E-state index in [0.29, 0.717) is 5.17 Å². The summed E-state index contributed by atoms with van der Waals surface area (Å²) >= 11 is 1.21. The van der Waals surface area contributed by atoms with E-state index in [4.69, 9.17) is 4.74 Å². The Hall–Kier alpha value is -2.26. The van der Waals surface area contributed by atoms with Crippen LogP contribution in [0.4, 0.5) is 0 Å². The predicted molar refractivity (Wildman–Crippen MR) is 132 cm³/mol. The van der Waals surface area contributed by atoms with Crippen LogP contribution in [0.3, 0.4) is 0 Å². The number of hydrogen-bond acceptors (Lipinski definition) is 5. The first-order chi connectivity index (χ1) is 14.6. The fraction of sp³-hybridized carbons (Fsp3) is 0.217. The molecule has 154 valence electrons. The molecule has 4 rings (SSSR count). The molecule has 5 nitrogen and oxygen atoms in total. The van der Waals surface area contributed by atoms with E-state index in [2.05, 4.69) is 35.0 Å². The normalized spacial score (nSPS) is 16.7. The highest BCUT2D eigenvalue weighted by Crippen LogP contribution is 2.41. The maximum atomic E-state index is 13.3. The smallest absolute Gasteiger partial charge is 0.232 e. The number of aromatic nitrogens is 1. The van der Waals surface area contributed by atoms with Crippen molar-refractivity contribution in [1.29, 1.82) is 0 Å². The Kier molecular flexibility index (Phi) is 6.48. The van der Waals surface area contributed by atoms with Gasteiger partial charge in [-0.3, -0.25) is 9.78 Å². The molecule has 2 aliphatic rings. The van der Waals surface area contributed by atoms with Crippen molar-refractivity contribution in [1.82, 2.24) is 10.3 Å². The number of carbonyl (C=O) groups excluding carboxylic acids is 1. The Morgan fingerprint density at radius 2 is 2.03 bits per heavy atom. The number of rotatable bonds is 5. The van der Waals surface area contributed by atoms with Gasteiger partial charge < -0.3 is 10.1 Å². The summed E-state index contributed by atoms with van der Waals surface area (Å²) in [7, 11) is 0. The third-order valence-electron chi connectivity index (χ3n) is 5.15. The monoisotopic (exact) mass is 531 g/mol. The number of nitrogens with zero attached hydrogens (tertiary/aromatic N) is 2. The lowest BCUT2D eigenvalue weighted by atomic mass is 9.71. The summed E-state index contributed by atoms with van der Waals surface area (Å²) in [4.78, 5) is 17.9. The molecule has 1 atom stereocenters. The summed E-state index contributed by atoms with van der Waals surface area (Å²) in [6.45, 7) is 3.96. The van der Waals surface area contributed by atoms with E-state index < -0.39 is 5.41 Å². The lowest BCUT2D eigenvalue weighted by Crippen LogP contribution is -2.43. The van der Waals surface area contributed by atoms with Crippen LogP contribution in [0, 0.1) is 5.41 Å². The number of amidine groups is 1. The number of carbonyl (C=O) groups is 1. The zero-order valence-electron chi connectivity index (χ0n) is 16.7. The lowest BCUT2D eigenvalue weighted by Gasteiger charge is -2.33. The number of ether oxygens (including phenoxy) is 1. The number of amides is 1. The topological polar surface area (TPSA) is 63.6 Å². The minimum absolute atomic E-state index is 0.0421. The molecule has 3 heterocycles. The largest absolute Gasteiger partial charge is 0.473 e. The van der Waals surface area contributed by atoms with Crippen molar-refractivity contribution in [2.45, 2.75) is 26.2 Å². The average molecular weight is 531 g/mol. The van der Waals surface area contributed by atoms with Crippen molar-refractivity contribution in [3.05, 3.63) is 84.1 Å². The molecular weight excluding hydrogens is 509 g/mol. The highest BCUT2D eigenvalue weighted by molar-refractivity contribution is 14.2. The van der Waals surface area contributed by atoms with Gasteiger partial charge in [0, 0.05) is 42.0 Å². The Morgan fingerprint density at radius 3 is 2.67 bits per heavy atom. The van der Waals surface area contributed by atoms with E-state index in [1.165, 1.54) is 11.8 Å². The number of allylic oxidation sites excluding steroid dienone is 2. The number of thioether (sulfide) groups is 1. The van der Waals surface area contributed by atoms with E-state index in [9.17, 15) is 4.79 Å². The summed E-state index contributed by atoms with van der Waals surface area (Å²) < 4.78 is 11.8. The van der Waals surface area contributed by atoms with Gasteiger partial charge in [-0.25, -0.2) is 0 Å². The minimum Gasteiger partial charge on any atom is -0.473 e. The molecular formula is C23H22IN3O2S. The summed E-state index contributed by atoms with van der Waals surface area (Å²) in [5.74, 6) is -0.193. The Balaban J connectivity index is 1.66. The van der Waals surface area contributed by atoms with Gasteiger partial charge in [0.25, 0.3) is 0 Å². The van der Waals surface area contributed by atoms with Gasteiger partial charge in [-0.1, -0.05) is 62.0 Å². The van der Waals surface area contributed by atoms with Crippen LogP contribution >= 0.6 is 32.8 Å². The third-order valence-corrected chi connectivity index (χ3v) is 8.27. The number of nitrogens with one attached hydrogen (secondary N) is 1. The van der Waals surface area contributed by atoms with E-state index in [1.807, 2.05) is 50.4 Å². The Morgan fingerprint density at radius 1 is 1.20 bits per heavy atom. The predicted octanol–water partition coefficient (Wildman–Crippen LogP) is 5.38. The highest BCUT2D eigenvalue weighted by Gasteiger charge is 2.39. The molecule has 7 heteroatoms. The number of hydrogen-bond donors (Lipinski definition) is 1. The molecule has 1 aromatic heterocycles. The summed E-state index contributed by atoms with van der Waals surface area (Å²) in [6.07, 6.45) is 8.05. The minimum atomic E-state index is -0.704. The van der Waals surface area contributed by atoms with Crippen LogP contribution in [0.5, 0.6) is 0 Å². The van der Waals surface area contributed by atoms with Crippen molar-refractivity contribution < 1.29 is 9.53 Å². The van der Waals surface area contributed by atoms with Crippen LogP contribution in [0.2, 0.25) is 0 Å². The molecule has 2 aromatic rings. The van der Waals surface area contributed by atoms with Crippen molar-refractivity contribution in [2.75, 3.05) is 0 Å². The zero-order valence-corrected chi connectivity index (χ0v) is 19.7. The molecule has 0 fully saturated rings. The van der Waals surface area contributed by atoms with Gasteiger partial charge in [-0.05, 0) is 29.7 Å². The quantitative estimate of drug-likeness (QED) is 0.527. The van der Waals surface area contributed by atoms with Gasteiger partial charge >= 0.3 is 0 Å². The fourth-order valence-corrected chi connectivity index (χ4v) is 6.33. The maximum Gasteiger partial charge on any atom is 0.232 e. The summed E-state index contributed by atoms with van der Waals surface area (Å²) in [5, 5.41) is 3.73. The molecule has 0 saturated heterocycles. The molecule has 0 spiro atoms. The number of pyridine rings is 1. The molecule has 0 saturated carbocycles. The molecule has 30 heavy (non-hydrogen) atoms. The molecule has 1 amide bonds. The van der Waals surface area contributed by atoms with Crippen LogP contribution in [0.1, 0.15) is 43.0 Å². The molecule has 0 aliphatic carbocycles. The Bertz CT molecular complexity index is 1040. The number of benzene rings is 1. The van der Waals surface area contributed by atoms with Crippen LogP contribution in [0.15, 0.2) is 70.5 Å². The van der Waals surface area contributed by atoms with Crippen LogP contribution in [0.25, 0.3) is 5.57 Å². The van der Waals surface area contributed by atoms with Gasteiger partial charge in [0.15, 0.2) is 5.17 Å². The summed E-state index contributed by atoms with van der Waals surface area (Å²) in [5.41, 5.74) is 3.29.